The molecule has 0 unspecified atom stereocenters. The minimum Gasteiger partial charge on any atom is -0.383 e. The van der Waals surface area contributed by atoms with E-state index in [1.54, 1.807) is 24.0 Å². The molecule has 1 aromatic rings. The SMILES string of the molecule is COCCN(CCBr)c1nncs1. The number of hydrogen-bond donors (Lipinski definition) is 0. The van der Waals surface area contributed by atoms with Gasteiger partial charge in [-0.25, -0.2) is 0 Å². The van der Waals surface area contributed by atoms with Crippen LogP contribution in [0.1, 0.15) is 0 Å². The summed E-state index contributed by atoms with van der Waals surface area (Å²) in [5, 5.41) is 9.69. The third kappa shape index (κ3) is 3.58. The molecule has 74 valence electrons. The van der Waals surface area contributed by atoms with Crippen molar-refractivity contribution in [1.82, 2.24) is 10.2 Å². The second-order valence-corrected chi connectivity index (χ2v) is 3.99. The fourth-order valence-electron chi connectivity index (χ4n) is 0.912. The van der Waals surface area contributed by atoms with Crippen molar-refractivity contribution in [2.75, 3.05) is 37.0 Å². The molecule has 1 aromatic heterocycles. The van der Waals surface area contributed by atoms with Crippen molar-refractivity contribution in [1.29, 1.82) is 0 Å². The lowest BCUT2D eigenvalue weighted by molar-refractivity contribution is 0.205. The van der Waals surface area contributed by atoms with Gasteiger partial charge < -0.3 is 9.64 Å². The fraction of sp³-hybridized carbons (Fsp3) is 0.714. The molecule has 0 atom stereocenters. The lowest BCUT2D eigenvalue weighted by atomic mass is 10.5. The molecule has 0 radical (unpaired) electrons. The van der Waals surface area contributed by atoms with Gasteiger partial charge in [0.05, 0.1) is 6.61 Å². The van der Waals surface area contributed by atoms with Crippen molar-refractivity contribution >= 4 is 32.4 Å². The van der Waals surface area contributed by atoms with E-state index in [1.807, 2.05) is 0 Å². The van der Waals surface area contributed by atoms with Crippen molar-refractivity contribution in [2.24, 2.45) is 0 Å². The molecule has 0 amide bonds. The van der Waals surface area contributed by atoms with Crippen molar-refractivity contribution in [3.8, 4) is 0 Å². The smallest absolute Gasteiger partial charge is 0.208 e. The second kappa shape index (κ2) is 6.28. The lowest BCUT2D eigenvalue weighted by Crippen LogP contribution is -2.28. The first-order valence-corrected chi connectivity index (χ1v) is 5.94. The van der Waals surface area contributed by atoms with Crippen LogP contribution in [0.4, 0.5) is 5.13 Å². The zero-order valence-electron chi connectivity index (χ0n) is 7.44. The monoisotopic (exact) mass is 265 g/mol. The van der Waals surface area contributed by atoms with E-state index < -0.39 is 0 Å². The first-order chi connectivity index (χ1) is 6.38. The summed E-state index contributed by atoms with van der Waals surface area (Å²) in [5.74, 6) is 0. The van der Waals surface area contributed by atoms with Gasteiger partial charge in [-0.3, -0.25) is 0 Å². The summed E-state index contributed by atoms with van der Waals surface area (Å²) in [7, 11) is 1.70. The Bertz CT molecular complexity index is 220. The zero-order chi connectivity index (χ0) is 9.52. The molecular weight excluding hydrogens is 254 g/mol. The Kier molecular flexibility index (Phi) is 5.26. The number of aromatic nitrogens is 2. The predicted molar refractivity (Wildman–Crippen MR) is 57.8 cm³/mol. The van der Waals surface area contributed by atoms with E-state index in [0.717, 1.165) is 23.6 Å². The predicted octanol–water partition coefficient (Wildman–Crippen LogP) is 1.39. The number of alkyl halides is 1. The van der Waals surface area contributed by atoms with Crippen LogP contribution in [-0.2, 0) is 4.74 Å². The first kappa shape index (κ1) is 10.9. The average Bonchev–Trinajstić information content (AvgIpc) is 2.65. The van der Waals surface area contributed by atoms with Crippen LogP contribution >= 0.6 is 27.3 Å². The van der Waals surface area contributed by atoms with Crippen molar-refractivity contribution < 1.29 is 4.74 Å². The maximum Gasteiger partial charge on any atom is 0.208 e. The fourth-order valence-corrected chi connectivity index (χ4v) is 1.95. The highest BCUT2D eigenvalue weighted by atomic mass is 79.9. The Labute approximate surface area is 90.0 Å². The van der Waals surface area contributed by atoms with Crippen LogP contribution < -0.4 is 4.90 Å². The summed E-state index contributed by atoms with van der Waals surface area (Å²) in [4.78, 5) is 2.15. The molecule has 1 heterocycles. The maximum atomic E-state index is 5.02. The van der Waals surface area contributed by atoms with Gasteiger partial charge in [0.2, 0.25) is 5.13 Å². The van der Waals surface area contributed by atoms with Gasteiger partial charge in [-0.1, -0.05) is 27.3 Å². The average molecular weight is 266 g/mol. The molecule has 1 rings (SSSR count). The molecule has 0 bridgehead atoms. The van der Waals surface area contributed by atoms with Crippen LogP contribution in [0.2, 0.25) is 0 Å². The largest absolute Gasteiger partial charge is 0.383 e. The summed E-state index contributed by atoms with van der Waals surface area (Å²) in [6, 6.07) is 0. The number of methoxy groups -OCH3 is 1. The third-order valence-electron chi connectivity index (χ3n) is 1.54. The molecule has 0 aliphatic carbocycles. The van der Waals surface area contributed by atoms with Crippen molar-refractivity contribution in [3.05, 3.63) is 5.51 Å². The molecule has 0 aliphatic rings. The van der Waals surface area contributed by atoms with E-state index in [1.165, 1.54) is 0 Å². The number of nitrogens with zero attached hydrogens (tertiary/aromatic N) is 3. The van der Waals surface area contributed by atoms with Gasteiger partial charge in [-0.05, 0) is 0 Å². The summed E-state index contributed by atoms with van der Waals surface area (Å²) in [5.41, 5.74) is 1.74. The van der Waals surface area contributed by atoms with E-state index in [9.17, 15) is 0 Å². The minimum atomic E-state index is 0.715. The highest BCUT2D eigenvalue weighted by Crippen LogP contribution is 2.14. The van der Waals surface area contributed by atoms with Gasteiger partial charge in [0.1, 0.15) is 5.51 Å². The second-order valence-electron chi connectivity index (χ2n) is 2.39. The maximum absolute atomic E-state index is 5.02. The molecule has 0 aliphatic heterocycles. The Morgan fingerprint density at radius 3 is 3.00 bits per heavy atom. The van der Waals surface area contributed by atoms with E-state index in [4.69, 9.17) is 4.74 Å². The topological polar surface area (TPSA) is 38.2 Å². The van der Waals surface area contributed by atoms with Gasteiger partial charge in [0.15, 0.2) is 0 Å². The van der Waals surface area contributed by atoms with Crippen molar-refractivity contribution in [2.45, 2.75) is 0 Å². The standard InChI is InChI=1S/C7H12BrN3OS/c1-12-5-4-11(3-2-8)7-10-9-6-13-7/h6H,2-5H2,1H3. The highest BCUT2D eigenvalue weighted by Gasteiger charge is 2.07. The zero-order valence-corrected chi connectivity index (χ0v) is 9.84. The van der Waals surface area contributed by atoms with E-state index in [0.29, 0.717) is 6.61 Å². The minimum absolute atomic E-state index is 0.715. The summed E-state index contributed by atoms with van der Waals surface area (Å²) < 4.78 is 5.02. The van der Waals surface area contributed by atoms with Crippen LogP contribution in [0.25, 0.3) is 0 Å². The molecule has 4 nitrogen and oxygen atoms in total. The molecule has 0 saturated carbocycles. The number of halogens is 1. The normalized spacial score (nSPS) is 10.3. The molecule has 0 aromatic carbocycles. The van der Waals surface area contributed by atoms with Gasteiger partial charge in [0.25, 0.3) is 0 Å². The van der Waals surface area contributed by atoms with Crippen LogP contribution in [0.5, 0.6) is 0 Å². The lowest BCUT2D eigenvalue weighted by Gasteiger charge is -2.19. The quantitative estimate of drug-likeness (QED) is 0.729. The van der Waals surface area contributed by atoms with Gasteiger partial charge in [-0.2, -0.15) is 0 Å². The van der Waals surface area contributed by atoms with Gasteiger partial charge >= 0.3 is 0 Å². The number of hydrogen-bond acceptors (Lipinski definition) is 5. The Balaban J connectivity index is 2.47. The van der Waals surface area contributed by atoms with Crippen LogP contribution in [0.3, 0.4) is 0 Å². The number of anilines is 1. The highest BCUT2D eigenvalue weighted by molar-refractivity contribution is 9.09. The van der Waals surface area contributed by atoms with Gasteiger partial charge in [0, 0.05) is 25.5 Å². The van der Waals surface area contributed by atoms with E-state index >= 15 is 0 Å². The Morgan fingerprint density at radius 1 is 1.62 bits per heavy atom. The summed E-state index contributed by atoms with van der Waals surface area (Å²) in [6.45, 7) is 2.50. The molecular formula is C7H12BrN3OS. The van der Waals surface area contributed by atoms with Crippen molar-refractivity contribution in [3.63, 3.8) is 0 Å². The number of rotatable bonds is 6. The van der Waals surface area contributed by atoms with Crippen LogP contribution in [0, 0.1) is 0 Å². The first-order valence-electron chi connectivity index (χ1n) is 3.94. The van der Waals surface area contributed by atoms with Crippen LogP contribution in [-0.4, -0.2) is 42.3 Å². The molecule has 0 spiro atoms. The third-order valence-corrected chi connectivity index (χ3v) is 2.64. The van der Waals surface area contributed by atoms with E-state index in [-0.39, 0.29) is 0 Å². The van der Waals surface area contributed by atoms with Gasteiger partial charge in [-0.15, -0.1) is 10.2 Å². The molecule has 0 saturated heterocycles. The molecule has 13 heavy (non-hydrogen) atoms. The molecule has 0 N–H and O–H groups in total. The number of ether oxygens (including phenoxy) is 1. The van der Waals surface area contributed by atoms with E-state index in [2.05, 4.69) is 31.0 Å². The summed E-state index contributed by atoms with van der Waals surface area (Å²) >= 11 is 4.95. The summed E-state index contributed by atoms with van der Waals surface area (Å²) in [6.07, 6.45) is 0. The Morgan fingerprint density at radius 2 is 2.46 bits per heavy atom. The van der Waals surface area contributed by atoms with Crippen LogP contribution in [0.15, 0.2) is 5.51 Å². The molecule has 0 fully saturated rings. The Hall–Kier alpha value is -0.200. The molecule has 6 heteroatoms.